The molecule has 0 aromatic heterocycles. The quantitative estimate of drug-likeness (QED) is 0.672. The highest BCUT2D eigenvalue weighted by Crippen LogP contribution is 2.28. The summed E-state index contributed by atoms with van der Waals surface area (Å²) in [4.78, 5) is 12.9. The maximum atomic E-state index is 13.3. The average Bonchev–Trinajstić information content (AvgIpc) is 2.69. The van der Waals surface area contributed by atoms with Crippen LogP contribution in [0.1, 0.15) is 37.7 Å². The van der Waals surface area contributed by atoms with E-state index in [1.54, 1.807) is 30.3 Å². The van der Waals surface area contributed by atoms with Crippen LogP contribution in [0, 0.1) is 6.92 Å². The third-order valence-corrected chi connectivity index (χ3v) is 7.66. The van der Waals surface area contributed by atoms with E-state index in [-0.39, 0.29) is 23.4 Å². The number of sulfonamides is 1. The third kappa shape index (κ3) is 5.01. The summed E-state index contributed by atoms with van der Waals surface area (Å²) in [6.07, 6.45) is 4.64. The number of para-hydroxylation sites is 1. The monoisotopic (exact) mass is 464 g/mol. The van der Waals surface area contributed by atoms with Gasteiger partial charge in [-0.15, -0.1) is 0 Å². The predicted molar refractivity (Wildman–Crippen MR) is 115 cm³/mol. The molecule has 150 valence electrons. The van der Waals surface area contributed by atoms with Crippen molar-refractivity contribution in [2.24, 2.45) is 0 Å². The summed E-state index contributed by atoms with van der Waals surface area (Å²) in [6.45, 7) is 1.72. The first-order chi connectivity index (χ1) is 13.4. The van der Waals surface area contributed by atoms with Crippen molar-refractivity contribution in [3.63, 3.8) is 0 Å². The molecule has 2 aromatic rings. The van der Waals surface area contributed by atoms with Gasteiger partial charge in [0, 0.05) is 10.5 Å². The van der Waals surface area contributed by atoms with Crippen molar-refractivity contribution in [3.05, 3.63) is 58.6 Å². The molecule has 1 amide bonds. The summed E-state index contributed by atoms with van der Waals surface area (Å²) in [5, 5.41) is 2.82. The minimum absolute atomic E-state index is 0.148. The second-order valence-electron chi connectivity index (χ2n) is 7.18. The molecule has 0 saturated heterocycles. The Morgan fingerprint density at radius 2 is 1.71 bits per heavy atom. The Morgan fingerprint density at radius 1 is 1.07 bits per heavy atom. The van der Waals surface area contributed by atoms with E-state index in [0.29, 0.717) is 5.69 Å². The Morgan fingerprint density at radius 3 is 2.36 bits per heavy atom. The lowest BCUT2D eigenvalue weighted by Crippen LogP contribution is -2.45. The van der Waals surface area contributed by atoms with E-state index in [1.807, 2.05) is 25.1 Å². The van der Waals surface area contributed by atoms with Crippen LogP contribution < -0.4 is 5.32 Å². The van der Waals surface area contributed by atoms with E-state index in [9.17, 15) is 13.2 Å². The van der Waals surface area contributed by atoms with Crippen molar-refractivity contribution in [2.75, 3.05) is 11.9 Å². The van der Waals surface area contributed by atoms with Crippen molar-refractivity contribution in [1.29, 1.82) is 0 Å². The van der Waals surface area contributed by atoms with Crippen LogP contribution in [0.25, 0.3) is 0 Å². The van der Waals surface area contributed by atoms with Gasteiger partial charge >= 0.3 is 0 Å². The van der Waals surface area contributed by atoms with Crippen molar-refractivity contribution < 1.29 is 13.2 Å². The van der Waals surface area contributed by atoms with Crippen molar-refractivity contribution in [2.45, 2.75) is 50.0 Å². The van der Waals surface area contributed by atoms with E-state index in [2.05, 4.69) is 21.2 Å². The second-order valence-corrected chi connectivity index (χ2v) is 9.93. The van der Waals surface area contributed by atoms with Crippen molar-refractivity contribution >= 4 is 37.5 Å². The predicted octanol–water partition coefficient (Wildman–Crippen LogP) is 4.72. The summed E-state index contributed by atoms with van der Waals surface area (Å²) < 4.78 is 28.8. The molecule has 0 radical (unpaired) electrons. The van der Waals surface area contributed by atoms with E-state index in [1.165, 1.54) is 4.31 Å². The lowest BCUT2D eigenvalue weighted by molar-refractivity contribution is -0.116. The SMILES string of the molecule is Cc1ccc(S(=O)(=O)N(CC(=O)Nc2ccccc2Br)C2CCCCC2)cc1. The number of carbonyl (C=O) groups is 1. The van der Waals surface area contributed by atoms with Crippen LogP contribution in [0.3, 0.4) is 0 Å². The molecule has 0 spiro atoms. The Hall–Kier alpha value is -1.70. The molecule has 3 rings (SSSR count). The van der Waals surface area contributed by atoms with Gasteiger partial charge in [-0.1, -0.05) is 49.1 Å². The van der Waals surface area contributed by atoms with Crippen LogP contribution >= 0.6 is 15.9 Å². The standard InChI is InChI=1S/C21H25BrN2O3S/c1-16-11-13-18(14-12-16)28(26,27)24(17-7-3-2-4-8-17)15-21(25)23-20-10-6-5-9-19(20)22/h5-6,9-14,17H,2-4,7-8,15H2,1H3,(H,23,25). The van der Waals surface area contributed by atoms with Gasteiger partial charge in [0.15, 0.2) is 0 Å². The van der Waals surface area contributed by atoms with Crippen LogP contribution in [0.2, 0.25) is 0 Å². The summed E-state index contributed by atoms with van der Waals surface area (Å²) in [7, 11) is -3.75. The zero-order valence-electron chi connectivity index (χ0n) is 15.9. The number of aryl methyl sites for hydroxylation is 1. The molecule has 0 aliphatic heterocycles. The van der Waals surface area contributed by atoms with Gasteiger partial charge in [-0.3, -0.25) is 4.79 Å². The van der Waals surface area contributed by atoms with Crippen molar-refractivity contribution in [1.82, 2.24) is 4.31 Å². The van der Waals surface area contributed by atoms with Gasteiger partial charge in [0.25, 0.3) is 0 Å². The summed E-state index contributed by atoms with van der Waals surface area (Å²) in [6, 6.07) is 13.9. The fourth-order valence-corrected chi connectivity index (χ4v) is 5.54. The molecule has 28 heavy (non-hydrogen) atoms. The summed E-state index contributed by atoms with van der Waals surface area (Å²) in [5.41, 5.74) is 1.62. The van der Waals surface area contributed by atoms with Gasteiger partial charge in [-0.2, -0.15) is 4.31 Å². The van der Waals surface area contributed by atoms with Gasteiger partial charge in [0.1, 0.15) is 0 Å². The molecule has 1 fully saturated rings. The highest BCUT2D eigenvalue weighted by atomic mass is 79.9. The number of amides is 1. The maximum absolute atomic E-state index is 13.3. The molecule has 2 aromatic carbocycles. The number of hydrogen-bond acceptors (Lipinski definition) is 3. The molecule has 0 unspecified atom stereocenters. The number of hydrogen-bond donors (Lipinski definition) is 1. The zero-order valence-corrected chi connectivity index (χ0v) is 18.3. The molecule has 1 saturated carbocycles. The van der Waals surface area contributed by atoms with Crippen LogP contribution in [0.4, 0.5) is 5.69 Å². The fraction of sp³-hybridized carbons (Fsp3) is 0.381. The normalized spacial score (nSPS) is 15.5. The van der Waals surface area contributed by atoms with Gasteiger partial charge in [-0.05, 0) is 60.0 Å². The Labute approximate surface area is 175 Å². The molecule has 1 N–H and O–H groups in total. The molecule has 0 atom stereocenters. The molecule has 0 bridgehead atoms. The number of carbonyl (C=O) groups excluding carboxylic acids is 1. The topological polar surface area (TPSA) is 66.5 Å². The minimum atomic E-state index is -3.75. The van der Waals surface area contributed by atoms with Crippen LogP contribution in [-0.4, -0.2) is 31.2 Å². The average molecular weight is 465 g/mol. The first-order valence-electron chi connectivity index (χ1n) is 9.51. The van der Waals surface area contributed by atoms with E-state index in [0.717, 1.165) is 42.1 Å². The Kier molecular flexibility index (Phi) is 6.91. The first-order valence-corrected chi connectivity index (χ1v) is 11.7. The molecule has 5 nitrogen and oxygen atoms in total. The summed E-state index contributed by atoms with van der Waals surface area (Å²) >= 11 is 3.40. The van der Waals surface area contributed by atoms with Gasteiger partial charge in [-0.25, -0.2) is 8.42 Å². The lowest BCUT2D eigenvalue weighted by Gasteiger charge is -2.33. The molecule has 0 heterocycles. The number of anilines is 1. The van der Waals surface area contributed by atoms with E-state index < -0.39 is 10.0 Å². The van der Waals surface area contributed by atoms with Crippen LogP contribution in [0.5, 0.6) is 0 Å². The molecular weight excluding hydrogens is 440 g/mol. The highest BCUT2D eigenvalue weighted by Gasteiger charge is 2.34. The summed E-state index contributed by atoms with van der Waals surface area (Å²) in [5.74, 6) is -0.340. The van der Waals surface area contributed by atoms with Crippen LogP contribution in [-0.2, 0) is 14.8 Å². The lowest BCUT2D eigenvalue weighted by atomic mass is 9.95. The molecular formula is C21H25BrN2O3S. The number of nitrogens with one attached hydrogen (secondary N) is 1. The smallest absolute Gasteiger partial charge is 0.243 e. The number of nitrogens with zero attached hydrogens (tertiary/aromatic N) is 1. The highest BCUT2D eigenvalue weighted by molar-refractivity contribution is 9.10. The Bertz CT molecular complexity index is 923. The van der Waals surface area contributed by atoms with E-state index >= 15 is 0 Å². The minimum Gasteiger partial charge on any atom is -0.324 e. The Balaban J connectivity index is 1.85. The third-order valence-electron chi connectivity index (χ3n) is 5.06. The molecule has 1 aliphatic rings. The van der Waals surface area contributed by atoms with Crippen molar-refractivity contribution in [3.8, 4) is 0 Å². The van der Waals surface area contributed by atoms with Gasteiger partial charge in [0.2, 0.25) is 15.9 Å². The number of halogens is 1. The van der Waals surface area contributed by atoms with Gasteiger partial charge in [0.05, 0.1) is 17.1 Å². The fourth-order valence-electron chi connectivity index (χ4n) is 3.52. The second kappa shape index (κ2) is 9.20. The van der Waals surface area contributed by atoms with Crippen LogP contribution in [0.15, 0.2) is 57.9 Å². The van der Waals surface area contributed by atoms with E-state index in [4.69, 9.17) is 0 Å². The molecule has 7 heteroatoms. The van der Waals surface area contributed by atoms with Gasteiger partial charge < -0.3 is 5.32 Å². The molecule has 1 aliphatic carbocycles. The number of rotatable bonds is 6. The largest absolute Gasteiger partial charge is 0.324 e. The maximum Gasteiger partial charge on any atom is 0.243 e. The zero-order chi connectivity index (χ0) is 20.1. The first kappa shape index (κ1) is 21.0. The number of benzene rings is 2.